The number of aromatic nitrogens is 2. The van der Waals surface area contributed by atoms with Crippen LogP contribution in [-0.4, -0.2) is 33.6 Å². The van der Waals surface area contributed by atoms with E-state index in [4.69, 9.17) is 28.2 Å². The predicted octanol–water partition coefficient (Wildman–Crippen LogP) is 5.69. The molecule has 1 aromatic heterocycles. The maximum absolute atomic E-state index is 14.0. The smallest absolute Gasteiger partial charge is 0.322 e. The summed E-state index contributed by atoms with van der Waals surface area (Å²) in [5.41, 5.74) is 4.90. The molecule has 0 saturated carbocycles. The molecular formula is C29H25Cl2N5O2. The first kappa shape index (κ1) is 24.5. The molecular weight excluding hydrogens is 521 g/mol. The molecule has 2 amide bonds. The van der Waals surface area contributed by atoms with Gasteiger partial charge in [0.1, 0.15) is 0 Å². The van der Waals surface area contributed by atoms with Crippen molar-refractivity contribution in [1.29, 1.82) is 0 Å². The van der Waals surface area contributed by atoms with E-state index in [0.29, 0.717) is 46.8 Å². The number of hydrogen-bond donors (Lipinski definition) is 1. The number of hydrogen-bond acceptors (Lipinski definition) is 4. The Morgan fingerprint density at radius 2 is 1.63 bits per heavy atom. The van der Waals surface area contributed by atoms with Gasteiger partial charge in [-0.15, -0.1) is 0 Å². The number of anilines is 2. The van der Waals surface area contributed by atoms with Crippen LogP contribution in [-0.2, 0) is 25.9 Å². The van der Waals surface area contributed by atoms with Crippen molar-refractivity contribution in [2.45, 2.75) is 25.9 Å². The van der Waals surface area contributed by atoms with E-state index in [1.807, 2.05) is 36.4 Å². The summed E-state index contributed by atoms with van der Waals surface area (Å²) < 4.78 is 1.68. The minimum atomic E-state index is -0.331. The maximum Gasteiger partial charge on any atom is 0.322 e. The summed E-state index contributed by atoms with van der Waals surface area (Å²) >= 11 is 12.2. The van der Waals surface area contributed by atoms with Gasteiger partial charge in [-0.25, -0.2) is 14.3 Å². The van der Waals surface area contributed by atoms with Crippen molar-refractivity contribution in [3.63, 3.8) is 0 Å². The van der Waals surface area contributed by atoms with E-state index in [0.717, 1.165) is 24.3 Å². The molecule has 6 rings (SSSR count). The van der Waals surface area contributed by atoms with Crippen LogP contribution in [0.4, 0.5) is 16.4 Å². The number of fused-ring (bicyclic) bond motifs is 2. The molecule has 0 bridgehead atoms. The molecule has 0 aliphatic carbocycles. The number of urea groups is 1. The highest BCUT2D eigenvalue weighted by Gasteiger charge is 2.29. The van der Waals surface area contributed by atoms with Crippen molar-refractivity contribution in [2.75, 3.05) is 23.3 Å². The Morgan fingerprint density at radius 3 is 2.42 bits per heavy atom. The molecule has 9 heteroatoms. The molecule has 3 aromatic carbocycles. The second-order valence-corrected chi connectivity index (χ2v) is 10.3. The zero-order chi connectivity index (χ0) is 26.2. The monoisotopic (exact) mass is 545 g/mol. The number of nitrogens with zero attached hydrogens (tertiary/aromatic N) is 4. The van der Waals surface area contributed by atoms with Crippen molar-refractivity contribution in [3.8, 4) is 5.69 Å². The van der Waals surface area contributed by atoms with Crippen LogP contribution < -0.4 is 15.8 Å². The largest absolute Gasteiger partial charge is 0.337 e. The molecule has 0 atom stereocenters. The second kappa shape index (κ2) is 10.2. The van der Waals surface area contributed by atoms with Crippen LogP contribution in [0.1, 0.15) is 22.4 Å². The summed E-state index contributed by atoms with van der Waals surface area (Å²) in [5.74, 6) is 0.639. The number of nitrogens with one attached hydrogen (secondary N) is 1. The van der Waals surface area contributed by atoms with Gasteiger partial charge in [-0.2, -0.15) is 0 Å². The van der Waals surface area contributed by atoms with Gasteiger partial charge in [-0.05, 0) is 47.9 Å². The zero-order valence-corrected chi connectivity index (χ0v) is 22.0. The first-order valence-corrected chi connectivity index (χ1v) is 13.3. The topological polar surface area (TPSA) is 70.5 Å². The SMILES string of the molecule is O=C(Nc1ccc(Cl)cc1Cl)N1CCc2nc(N3CCc4ccccc4C3)n(-c3ccccc3)c(=O)c2C1. The molecule has 0 unspecified atom stereocenters. The van der Waals surface area contributed by atoms with Crippen molar-refractivity contribution >= 4 is 40.9 Å². The first-order chi connectivity index (χ1) is 18.5. The molecule has 0 saturated heterocycles. The number of carbonyl (C=O) groups is 1. The lowest BCUT2D eigenvalue weighted by Gasteiger charge is -2.34. The molecule has 7 nitrogen and oxygen atoms in total. The number of carbonyl (C=O) groups excluding carboxylic acids is 1. The molecule has 3 heterocycles. The van der Waals surface area contributed by atoms with Gasteiger partial charge in [0.2, 0.25) is 5.95 Å². The van der Waals surface area contributed by atoms with Gasteiger partial charge in [0.15, 0.2) is 0 Å². The first-order valence-electron chi connectivity index (χ1n) is 12.5. The van der Waals surface area contributed by atoms with Crippen LogP contribution >= 0.6 is 23.2 Å². The van der Waals surface area contributed by atoms with Crippen LogP contribution in [0.25, 0.3) is 5.69 Å². The fourth-order valence-electron chi connectivity index (χ4n) is 5.11. The Morgan fingerprint density at radius 1 is 0.868 bits per heavy atom. The molecule has 2 aliphatic heterocycles. The third-order valence-electron chi connectivity index (χ3n) is 7.10. The quantitative estimate of drug-likeness (QED) is 0.359. The van der Waals surface area contributed by atoms with Crippen molar-refractivity contribution in [3.05, 3.63) is 116 Å². The Bertz CT molecular complexity index is 1590. The van der Waals surface area contributed by atoms with Crippen molar-refractivity contribution in [1.82, 2.24) is 14.5 Å². The molecule has 2 aliphatic rings. The van der Waals surface area contributed by atoms with Crippen LogP contribution in [0.2, 0.25) is 10.0 Å². The van der Waals surface area contributed by atoms with Crippen LogP contribution in [0.3, 0.4) is 0 Å². The minimum absolute atomic E-state index is 0.155. The fraction of sp³-hybridized carbons (Fsp3) is 0.207. The van der Waals surface area contributed by atoms with Gasteiger partial charge in [0, 0.05) is 31.1 Å². The summed E-state index contributed by atoms with van der Waals surface area (Å²) in [5, 5.41) is 3.67. The van der Waals surface area contributed by atoms with E-state index in [1.165, 1.54) is 11.1 Å². The van der Waals surface area contributed by atoms with E-state index in [9.17, 15) is 9.59 Å². The van der Waals surface area contributed by atoms with Gasteiger partial charge >= 0.3 is 6.03 Å². The number of para-hydroxylation sites is 1. The molecule has 4 aromatic rings. The highest BCUT2D eigenvalue weighted by molar-refractivity contribution is 6.36. The highest BCUT2D eigenvalue weighted by atomic mass is 35.5. The lowest BCUT2D eigenvalue weighted by Crippen LogP contribution is -2.44. The van der Waals surface area contributed by atoms with Gasteiger partial charge in [0.05, 0.1) is 34.2 Å². The third kappa shape index (κ3) is 4.64. The Labute approximate surface area is 230 Å². The number of halogens is 2. The minimum Gasteiger partial charge on any atom is -0.337 e. The van der Waals surface area contributed by atoms with Gasteiger partial charge in [0.25, 0.3) is 5.56 Å². The number of benzene rings is 3. The van der Waals surface area contributed by atoms with Crippen molar-refractivity contribution < 1.29 is 4.79 Å². The summed E-state index contributed by atoms with van der Waals surface area (Å²) in [7, 11) is 0. The fourth-order valence-corrected chi connectivity index (χ4v) is 5.57. The third-order valence-corrected chi connectivity index (χ3v) is 7.65. The van der Waals surface area contributed by atoms with E-state index in [1.54, 1.807) is 27.7 Å². The van der Waals surface area contributed by atoms with Crippen LogP contribution in [0.5, 0.6) is 0 Å². The van der Waals surface area contributed by atoms with Crippen LogP contribution in [0.15, 0.2) is 77.6 Å². The average Bonchev–Trinajstić information content (AvgIpc) is 2.94. The Hall–Kier alpha value is -3.81. The van der Waals surface area contributed by atoms with Gasteiger partial charge in [-0.1, -0.05) is 65.7 Å². The average molecular weight is 546 g/mol. The van der Waals surface area contributed by atoms with E-state index < -0.39 is 0 Å². The maximum atomic E-state index is 14.0. The van der Waals surface area contributed by atoms with Gasteiger partial charge in [-0.3, -0.25) is 4.79 Å². The lowest BCUT2D eigenvalue weighted by atomic mass is 10.00. The van der Waals surface area contributed by atoms with Crippen molar-refractivity contribution in [2.24, 2.45) is 0 Å². The normalized spacial score (nSPS) is 14.6. The molecule has 0 fully saturated rings. The number of rotatable bonds is 3. The summed E-state index contributed by atoms with van der Waals surface area (Å²) in [6.45, 7) is 2.05. The Kier molecular flexibility index (Phi) is 6.55. The predicted molar refractivity (Wildman–Crippen MR) is 151 cm³/mol. The molecule has 0 spiro atoms. The summed E-state index contributed by atoms with van der Waals surface area (Å²) in [6, 6.07) is 22.5. The molecule has 192 valence electrons. The highest BCUT2D eigenvalue weighted by Crippen LogP contribution is 2.28. The van der Waals surface area contributed by atoms with Gasteiger partial charge < -0.3 is 15.1 Å². The molecule has 0 radical (unpaired) electrons. The Balaban J connectivity index is 1.35. The van der Waals surface area contributed by atoms with E-state index >= 15 is 0 Å². The molecule has 38 heavy (non-hydrogen) atoms. The summed E-state index contributed by atoms with van der Waals surface area (Å²) in [6.07, 6.45) is 1.37. The summed E-state index contributed by atoms with van der Waals surface area (Å²) in [4.78, 5) is 36.0. The molecule has 1 N–H and O–H groups in total. The number of amides is 2. The van der Waals surface area contributed by atoms with E-state index in [-0.39, 0.29) is 18.1 Å². The zero-order valence-electron chi connectivity index (χ0n) is 20.5. The lowest BCUT2D eigenvalue weighted by molar-refractivity contribution is 0.205. The second-order valence-electron chi connectivity index (χ2n) is 9.48. The standard InChI is InChI=1S/C29H25Cl2N5O2/c30-21-10-11-26(24(31)16-21)33-29(38)35-15-13-25-23(18-35)27(37)36(22-8-2-1-3-9-22)28(32-25)34-14-12-19-6-4-5-7-20(19)17-34/h1-11,16H,12-15,17-18H2,(H,33,38). The van der Waals surface area contributed by atoms with E-state index in [2.05, 4.69) is 28.4 Å². The van der Waals surface area contributed by atoms with Crippen LogP contribution in [0, 0.1) is 0 Å².